The van der Waals surface area contributed by atoms with Gasteiger partial charge in [0.25, 0.3) is 0 Å². The van der Waals surface area contributed by atoms with Gasteiger partial charge in [0.2, 0.25) is 5.91 Å². The van der Waals surface area contributed by atoms with Gasteiger partial charge >= 0.3 is 0 Å². The molecule has 23 heavy (non-hydrogen) atoms. The van der Waals surface area contributed by atoms with E-state index in [0.717, 1.165) is 34.3 Å². The van der Waals surface area contributed by atoms with Crippen LogP contribution < -0.4 is 10.1 Å². The van der Waals surface area contributed by atoms with Gasteiger partial charge in [-0.15, -0.1) is 0 Å². The van der Waals surface area contributed by atoms with E-state index >= 15 is 0 Å². The monoisotopic (exact) mass is 307 g/mol. The Bertz CT molecular complexity index is 822. The molecule has 3 rings (SSSR count). The molecule has 118 valence electrons. The van der Waals surface area contributed by atoms with Crippen LogP contribution in [-0.2, 0) is 11.2 Å². The Hall–Kier alpha value is -2.75. The van der Waals surface area contributed by atoms with E-state index in [1.54, 1.807) is 7.11 Å². The van der Waals surface area contributed by atoms with Crippen LogP contribution in [0.3, 0.4) is 0 Å². The van der Waals surface area contributed by atoms with Crippen molar-refractivity contribution in [2.45, 2.75) is 13.3 Å². The van der Waals surface area contributed by atoms with Gasteiger partial charge in [-0.05, 0) is 35.7 Å². The average molecular weight is 307 g/mol. The van der Waals surface area contributed by atoms with Crippen LogP contribution in [0.25, 0.3) is 22.2 Å². The number of benzene rings is 2. The van der Waals surface area contributed by atoms with Crippen LogP contribution in [0.1, 0.15) is 12.5 Å². The van der Waals surface area contributed by atoms with Crippen LogP contribution in [0, 0.1) is 0 Å². The van der Waals surface area contributed by atoms with Gasteiger partial charge in [-0.3, -0.25) is 4.79 Å². The maximum absolute atomic E-state index is 11.2. The number of H-pyrrole nitrogens is 1. The van der Waals surface area contributed by atoms with Gasteiger partial charge in [0, 0.05) is 30.1 Å². The number of methoxy groups -OCH3 is 1. The Morgan fingerprint density at radius 1 is 1.17 bits per heavy atom. The van der Waals surface area contributed by atoms with E-state index in [9.17, 15) is 4.79 Å². The Morgan fingerprint density at radius 3 is 2.65 bits per heavy atom. The van der Waals surface area contributed by atoms with Crippen molar-refractivity contribution in [1.82, 2.24) is 10.3 Å². The third kappa shape index (κ3) is 3.21. The molecule has 0 aliphatic carbocycles. The van der Waals surface area contributed by atoms with Crippen molar-refractivity contribution < 1.29 is 9.53 Å². The van der Waals surface area contributed by atoms with Crippen molar-refractivity contribution in [3.8, 4) is 17.0 Å². The topological polar surface area (TPSA) is 54.1 Å². The SMILES string of the molecule is COc1ccc2[nH]c(-c3ccccc3)c(CCN[11C](C)=O)c2c1. The molecule has 0 atom stereocenters. The molecule has 0 aliphatic heterocycles. The summed E-state index contributed by atoms with van der Waals surface area (Å²) < 4.78 is 5.35. The van der Waals surface area contributed by atoms with Crippen molar-refractivity contribution in [2.24, 2.45) is 0 Å². The van der Waals surface area contributed by atoms with E-state index in [0.29, 0.717) is 6.54 Å². The highest BCUT2D eigenvalue weighted by Gasteiger charge is 2.13. The summed E-state index contributed by atoms with van der Waals surface area (Å²) >= 11 is 0. The summed E-state index contributed by atoms with van der Waals surface area (Å²) in [6, 6.07) is 16.3. The standard InChI is InChI=1S/C19H20N2O2/c1-13(22)20-11-10-16-17-12-15(23-2)8-9-18(17)21-19(16)14-6-4-3-5-7-14/h3-9,12,21H,10-11H2,1-2H3,(H,20,22)/i13-1. The summed E-state index contributed by atoms with van der Waals surface area (Å²) in [7, 11) is 1.67. The molecule has 0 saturated carbocycles. The Morgan fingerprint density at radius 2 is 1.96 bits per heavy atom. The van der Waals surface area contributed by atoms with Gasteiger partial charge in [0.05, 0.1) is 7.11 Å². The summed E-state index contributed by atoms with van der Waals surface area (Å²) in [6.07, 6.45) is 0.761. The molecule has 0 fully saturated rings. The first-order chi connectivity index (χ1) is 11.2. The van der Waals surface area contributed by atoms with Crippen molar-refractivity contribution in [3.63, 3.8) is 0 Å². The maximum Gasteiger partial charge on any atom is 0.216 e. The second-order valence-corrected chi connectivity index (χ2v) is 5.49. The van der Waals surface area contributed by atoms with Crippen LogP contribution in [-0.4, -0.2) is 24.5 Å². The highest BCUT2D eigenvalue weighted by molar-refractivity contribution is 5.91. The molecule has 3 aromatic rings. The fourth-order valence-corrected chi connectivity index (χ4v) is 2.83. The predicted octanol–water partition coefficient (Wildman–Crippen LogP) is 3.52. The molecule has 0 bridgehead atoms. The molecule has 1 aromatic heterocycles. The number of carbonyl (C=O) groups is 1. The molecule has 0 saturated heterocycles. The normalized spacial score (nSPS) is 10.7. The molecule has 2 N–H and O–H groups in total. The van der Waals surface area contributed by atoms with Crippen molar-refractivity contribution in [1.29, 1.82) is 0 Å². The Kier molecular flexibility index (Phi) is 4.33. The lowest BCUT2D eigenvalue weighted by molar-refractivity contribution is -0.118. The van der Waals surface area contributed by atoms with E-state index in [1.165, 1.54) is 12.5 Å². The summed E-state index contributed by atoms with van der Waals surface area (Å²) in [5.41, 5.74) is 4.50. The third-order valence-electron chi connectivity index (χ3n) is 3.92. The quantitative estimate of drug-likeness (QED) is 0.757. The zero-order valence-corrected chi connectivity index (χ0v) is 13.3. The second kappa shape index (κ2) is 6.57. The van der Waals surface area contributed by atoms with Crippen LogP contribution >= 0.6 is 0 Å². The summed E-state index contributed by atoms with van der Waals surface area (Å²) in [6.45, 7) is 2.15. The number of ether oxygens (including phenoxy) is 1. The molecule has 4 heteroatoms. The minimum absolute atomic E-state index is 0.0105. The lowest BCUT2D eigenvalue weighted by Crippen LogP contribution is -2.22. The van der Waals surface area contributed by atoms with E-state index in [-0.39, 0.29) is 5.91 Å². The van der Waals surface area contributed by atoms with Gasteiger partial charge in [0.1, 0.15) is 5.75 Å². The highest BCUT2D eigenvalue weighted by atomic mass is 16.5. The third-order valence-corrected chi connectivity index (χ3v) is 3.92. The number of hydrogen-bond donors (Lipinski definition) is 2. The van der Waals surface area contributed by atoms with Crippen LogP contribution in [0.15, 0.2) is 48.5 Å². The van der Waals surface area contributed by atoms with Crippen molar-refractivity contribution in [2.75, 3.05) is 13.7 Å². The lowest BCUT2D eigenvalue weighted by atomic mass is 10.0. The minimum atomic E-state index is -0.0105. The van der Waals surface area contributed by atoms with Crippen molar-refractivity contribution >= 4 is 16.8 Å². The molecular formula is C19H20N2O2. The number of aromatic amines is 1. The lowest BCUT2D eigenvalue weighted by Gasteiger charge is -2.06. The first-order valence-electron chi connectivity index (χ1n) is 7.67. The number of hydrogen-bond acceptors (Lipinski definition) is 2. The molecule has 0 spiro atoms. The van der Waals surface area contributed by atoms with Gasteiger partial charge in [-0.25, -0.2) is 0 Å². The van der Waals surface area contributed by atoms with Crippen LogP contribution in [0.2, 0.25) is 0 Å². The largest absolute Gasteiger partial charge is 0.497 e. The second-order valence-electron chi connectivity index (χ2n) is 5.49. The number of nitrogens with one attached hydrogen (secondary N) is 2. The summed E-state index contributed by atoms with van der Waals surface area (Å²) in [5.74, 6) is 0.820. The van der Waals surface area contributed by atoms with E-state index < -0.39 is 0 Å². The number of fused-ring (bicyclic) bond motifs is 1. The first-order valence-corrected chi connectivity index (χ1v) is 7.67. The first kappa shape index (κ1) is 15.2. The van der Waals surface area contributed by atoms with E-state index in [2.05, 4.69) is 22.4 Å². The number of rotatable bonds is 5. The molecule has 4 nitrogen and oxygen atoms in total. The van der Waals surface area contributed by atoms with Gasteiger partial charge < -0.3 is 15.0 Å². The molecule has 0 aliphatic rings. The number of carbonyl (C=O) groups excluding carboxylic acids is 1. The van der Waals surface area contributed by atoms with Crippen LogP contribution in [0.4, 0.5) is 0 Å². The smallest absolute Gasteiger partial charge is 0.216 e. The zero-order valence-electron chi connectivity index (χ0n) is 13.3. The molecular weight excluding hydrogens is 287 g/mol. The molecule has 1 heterocycles. The minimum Gasteiger partial charge on any atom is -0.497 e. The van der Waals surface area contributed by atoms with Gasteiger partial charge in [-0.1, -0.05) is 30.3 Å². The van der Waals surface area contributed by atoms with Crippen molar-refractivity contribution in [3.05, 3.63) is 54.1 Å². The highest BCUT2D eigenvalue weighted by Crippen LogP contribution is 2.32. The summed E-state index contributed by atoms with van der Waals surface area (Å²) in [5, 5.41) is 4.00. The fraction of sp³-hybridized carbons (Fsp3) is 0.211. The average Bonchev–Trinajstić information content (AvgIpc) is 2.93. The van der Waals surface area contributed by atoms with E-state index in [4.69, 9.17) is 4.74 Å². The zero-order chi connectivity index (χ0) is 16.2. The predicted molar refractivity (Wildman–Crippen MR) is 92.7 cm³/mol. The van der Waals surface area contributed by atoms with Gasteiger partial charge in [0.15, 0.2) is 0 Å². The molecule has 0 radical (unpaired) electrons. The Labute approximate surface area is 135 Å². The molecule has 1 amide bonds. The van der Waals surface area contributed by atoms with E-state index in [1.807, 2.05) is 36.4 Å². The number of amides is 1. The molecule has 0 unspecified atom stereocenters. The maximum atomic E-state index is 11.2. The molecule has 2 aromatic carbocycles. The Balaban J connectivity index is 2.08. The van der Waals surface area contributed by atoms with Crippen LogP contribution in [0.5, 0.6) is 5.75 Å². The fourth-order valence-electron chi connectivity index (χ4n) is 2.83. The van der Waals surface area contributed by atoms with Gasteiger partial charge in [-0.2, -0.15) is 0 Å². The number of aromatic nitrogens is 1. The summed E-state index contributed by atoms with van der Waals surface area (Å²) in [4.78, 5) is 14.7.